The van der Waals surface area contributed by atoms with E-state index < -0.39 is 24.8 Å². The Labute approximate surface area is 153 Å². The van der Waals surface area contributed by atoms with Crippen molar-refractivity contribution in [3.05, 3.63) is 35.9 Å². The van der Waals surface area contributed by atoms with Crippen molar-refractivity contribution in [1.82, 2.24) is 10.6 Å². The maximum Gasteiger partial charge on any atom is 0.573 e. The zero-order chi connectivity index (χ0) is 20.3. The van der Waals surface area contributed by atoms with Gasteiger partial charge in [0.15, 0.2) is 6.61 Å². The van der Waals surface area contributed by atoms with E-state index in [1.54, 1.807) is 0 Å². The SMILES string of the molecule is CCCNC(=O)CNC(=O)COC(=O)/C=C/c1ccc(OC(F)(F)F)cc1. The summed E-state index contributed by atoms with van der Waals surface area (Å²) in [5.41, 5.74) is 0.429. The van der Waals surface area contributed by atoms with Crippen LogP contribution in [0.5, 0.6) is 5.75 Å². The van der Waals surface area contributed by atoms with Crippen molar-refractivity contribution in [3.8, 4) is 5.75 Å². The molecule has 0 spiro atoms. The van der Waals surface area contributed by atoms with Crippen LogP contribution in [0.1, 0.15) is 18.9 Å². The second-order valence-corrected chi connectivity index (χ2v) is 5.18. The summed E-state index contributed by atoms with van der Waals surface area (Å²) in [6.45, 7) is 1.59. The lowest BCUT2D eigenvalue weighted by Crippen LogP contribution is -2.38. The van der Waals surface area contributed by atoms with Gasteiger partial charge in [-0.25, -0.2) is 4.79 Å². The lowest BCUT2D eigenvalue weighted by molar-refractivity contribution is -0.274. The van der Waals surface area contributed by atoms with Crippen molar-refractivity contribution in [2.75, 3.05) is 19.7 Å². The molecule has 10 heteroatoms. The number of carbonyl (C=O) groups excluding carboxylic acids is 3. The first-order valence-electron chi connectivity index (χ1n) is 7.93. The fourth-order valence-electron chi connectivity index (χ4n) is 1.69. The maximum atomic E-state index is 12.0. The van der Waals surface area contributed by atoms with Gasteiger partial charge in [-0.05, 0) is 30.2 Å². The molecule has 0 aliphatic rings. The first-order valence-corrected chi connectivity index (χ1v) is 7.93. The summed E-state index contributed by atoms with van der Waals surface area (Å²) in [6, 6.07) is 4.81. The molecule has 0 saturated carbocycles. The second-order valence-electron chi connectivity index (χ2n) is 5.18. The smallest absolute Gasteiger partial charge is 0.452 e. The highest BCUT2D eigenvalue weighted by Crippen LogP contribution is 2.22. The third-order valence-corrected chi connectivity index (χ3v) is 2.89. The van der Waals surface area contributed by atoms with Crippen molar-refractivity contribution >= 4 is 23.9 Å². The van der Waals surface area contributed by atoms with Crippen LogP contribution in [-0.2, 0) is 19.1 Å². The molecule has 148 valence electrons. The van der Waals surface area contributed by atoms with E-state index in [0.29, 0.717) is 12.1 Å². The summed E-state index contributed by atoms with van der Waals surface area (Å²) in [7, 11) is 0. The summed E-state index contributed by atoms with van der Waals surface area (Å²) in [4.78, 5) is 34.3. The van der Waals surface area contributed by atoms with Crippen LogP contribution in [-0.4, -0.2) is 43.8 Å². The number of alkyl halides is 3. The predicted octanol–water partition coefficient (Wildman–Crippen LogP) is 1.78. The molecule has 0 atom stereocenters. The average Bonchev–Trinajstić information content (AvgIpc) is 2.61. The van der Waals surface area contributed by atoms with E-state index in [2.05, 4.69) is 20.1 Å². The van der Waals surface area contributed by atoms with Crippen LogP contribution >= 0.6 is 0 Å². The Morgan fingerprint density at radius 2 is 1.74 bits per heavy atom. The lowest BCUT2D eigenvalue weighted by atomic mass is 10.2. The van der Waals surface area contributed by atoms with Crippen LogP contribution < -0.4 is 15.4 Å². The Hall–Kier alpha value is -3.04. The van der Waals surface area contributed by atoms with Gasteiger partial charge < -0.3 is 20.1 Å². The molecule has 2 amide bonds. The van der Waals surface area contributed by atoms with E-state index in [4.69, 9.17) is 0 Å². The highest BCUT2D eigenvalue weighted by Gasteiger charge is 2.30. The average molecular weight is 388 g/mol. The number of rotatable bonds is 9. The topological polar surface area (TPSA) is 93.7 Å². The van der Waals surface area contributed by atoms with E-state index in [1.165, 1.54) is 18.2 Å². The number of hydrogen-bond acceptors (Lipinski definition) is 5. The Balaban J connectivity index is 2.35. The minimum atomic E-state index is -4.78. The number of carbonyl (C=O) groups is 3. The fourth-order valence-corrected chi connectivity index (χ4v) is 1.69. The quantitative estimate of drug-likeness (QED) is 0.497. The summed E-state index contributed by atoms with van der Waals surface area (Å²) in [6.07, 6.45) is -1.70. The third kappa shape index (κ3) is 10.5. The van der Waals surface area contributed by atoms with Crippen LogP contribution in [0.4, 0.5) is 13.2 Å². The number of halogens is 3. The van der Waals surface area contributed by atoms with Crippen molar-refractivity contribution in [1.29, 1.82) is 0 Å². The van der Waals surface area contributed by atoms with Gasteiger partial charge in [-0.1, -0.05) is 19.1 Å². The van der Waals surface area contributed by atoms with Gasteiger partial charge in [0.2, 0.25) is 5.91 Å². The molecule has 0 bridgehead atoms. The molecule has 0 aromatic heterocycles. The number of nitrogens with one attached hydrogen (secondary N) is 2. The Bertz CT molecular complexity index is 672. The molecule has 1 rings (SSSR count). The zero-order valence-electron chi connectivity index (χ0n) is 14.5. The number of benzene rings is 1. The van der Waals surface area contributed by atoms with Gasteiger partial charge in [-0.2, -0.15) is 0 Å². The first kappa shape index (κ1) is 22.0. The molecule has 0 saturated heterocycles. The number of ether oxygens (including phenoxy) is 2. The molecule has 0 aliphatic carbocycles. The number of hydrogen-bond donors (Lipinski definition) is 2. The molecular formula is C17H19F3N2O5. The monoisotopic (exact) mass is 388 g/mol. The fraction of sp³-hybridized carbons (Fsp3) is 0.353. The third-order valence-electron chi connectivity index (χ3n) is 2.89. The molecule has 0 heterocycles. The zero-order valence-corrected chi connectivity index (χ0v) is 14.5. The molecular weight excluding hydrogens is 369 g/mol. The maximum absolute atomic E-state index is 12.0. The van der Waals surface area contributed by atoms with Crippen LogP contribution in [0.25, 0.3) is 6.08 Å². The predicted molar refractivity (Wildman–Crippen MR) is 89.4 cm³/mol. The minimum Gasteiger partial charge on any atom is -0.452 e. The van der Waals surface area contributed by atoms with Crippen LogP contribution in [0, 0.1) is 0 Å². The van der Waals surface area contributed by atoms with Gasteiger partial charge >= 0.3 is 12.3 Å². The summed E-state index contributed by atoms with van der Waals surface area (Å²) >= 11 is 0. The van der Waals surface area contributed by atoms with Crippen molar-refractivity contribution < 1.29 is 37.0 Å². The largest absolute Gasteiger partial charge is 0.573 e. The molecule has 0 fully saturated rings. The standard InChI is InChI=1S/C17H19F3N2O5/c1-2-9-21-14(23)10-22-15(24)11-26-16(25)8-5-12-3-6-13(7-4-12)27-17(18,19)20/h3-8H,2,9-11H2,1H3,(H,21,23)(H,22,24)/b8-5+. The number of amides is 2. The second kappa shape index (κ2) is 10.8. The Kier molecular flexibility index (Phi) is 8.83. The van der Waals surface area contributed by atoms with Gasteiger partial charge in [-0.15, -0.1) is 13.2 Å². The molecule has 1 aromatic rings. The Morgan fingerprint density at radius 1 is 1.07 bits per heavy atom. The van der Waals surface area contributed by atoms with Crippen molar-refractivity contribution in [3.63, 3.8) is 0 Å². The molecule has 0 radical (unpaired) electrons. The first-order chi connectivity index (χ1) is 12.7. The van der Waals surface area contributed by atoms with E-state index in [-0.39, 0.29) is 18.2 Å². The van der Waals surface area contributed by atoms with E-state index >= 15 is 0 Å². The lowest BCUT2D eigenvalue weighted by Gasteiger charge is -2.08. The molecule has 7 nitrogen and oxygen atoms in total. The van der Waals surface area contributed by atoms with E-state index in [9.17, 15) is 27.6 Å². The van der Waals surface area contributed by atoms with Gasteiger partial charge in [-0.3, -0.25) is 9.59 Å². The molecule has 27 heavy (non-hydrogen) atoms. The summed E-state index contributed by atoms with van der Waals surface area (Å²) in [5, 5.41) is 4.85. The molecule has 0 aliphatic heterocycles. The Morgan fingerprint density at radius 3 is 2.33 bits per heavy atom. The van der Waals surface area contributed by atoms with Crippen LogP contribution in [0.2, 0.25) is 0 Å². The van der Waals surface area contributed by atoms with Gasteiger partial charge in [0.25, 0.3) is 5.91 Å². The van der Waals surface area contributed by atoms with Gasteiger partial charge in [0.1, 0.15) is 5.75 Å². The van der Waals surface area contributed by atoms with E-state index in [1.807, 2.05) is 6.92 Å². The summed E-state index contributed by atoms with van der Waals surface area (Å²) in [5.74, 6) is -2.20. The summed E-state index contributed by atoms with van der Waals surface area (Å²) < 4.78 is 44.5. The van der Waals surface area contributed by atoms with Crippen molar-refractivity contribution in [2.24, 2.45) is 0 Å². The highest BCUT2D eigenvalue weighted by molar-refractivity contribution is 5.90. The van der Waals surface area contributed by atoms with Crippen LogP contribution in [0.3, 0.4) is 0 Å². The van der Waals surface area contributed by atoms with Crippen molar-refractivity contribution in [2.45, 2.75) is 19.7 Å². The van der Waals surface area contributed by atoms with Gasteiger partial charge in [0.05, 0.1) is 6.54 Å². The van der Waals surface area contributed by atoms with Crippen LogP contribution in [0.15, 0.2) is 30.3 Å². The van der Waals surface area contributed by atoms with Gasteiger partial charge in [0, 0.05) is 12.6 Å². The number of esters is 1. The minimum absolute atomic E-state index is 0.224. The van der Waals surface area contributed by atoms with E-state index in [0.717, 1.165) is 24.6 Å². The molecule has 0 unspecified atom stereocenters. The normalized spacial score (nSPS) is 11.1. The molecule has 1 aromatic carbocycles. The highest BCUT2D eigenvalue weighted by atomic mass is 19.4. The molecule has 2 N–H and O–H groups in total.